The average Bonchev–Trinajstić information content (AvgIpc) is 3.55. The Morgan fingerprint density at radius 2 is 1.39 bits per heavy atom. The minimum absolute atomic E-state index is 0.0228. The molecule has 320 valence electrons. The lowest BCUT2D eigenvalue weighted by Crippen LogP contribution is -2.59. The number of aliphatic hydroxyl groups is 1. The van der Waals surface area contributed by atoms with E-state index in [2.05, 4.69) is 93.8 Å². The Balaban J connectivity index is 1.07. The molecular weight excluding hydrogens is 711 g/mol. The van der Waals surface area contributed by atoms with Crippen LogP contribution in [-0.4, -0.2) is 46.8 Å². The molecule has 0 radical (unpaired) electrons. The molecule has 10 unspecified atom stereocenters. The van der Waals surface area contributed by atoms with E-state index in [9.17, 15) is 19.5 Å². The maximum atomic E-state index is 12.9. The second-order valence-electron chi connectivity index (χ2n) is 18.5. The molecule has 0 saturated heterocycles. The van der Waals surface area contributed by atoms with Crippen LogP contribution in [-0.2, 0) is 19.1 Å². The number of carboxylic acid groups (broad SMARTS) is 1. The number of hydrogen-bond acceptors (Lipinski definition) is 5. The third kappa shape index (κ3) is 13.8. The lowest BCUT2D eigenvalue weighted by molar-refractivity contribution is -0.181. The van der Waals surface area contributed by atoms with Crippen molar-refractivity contribution < 1.29 is 29.3 Å². The molecule has 0 aromatic rings. The maximum Gasteiger partial charge on any atom is 0.322 e. The Kier molecular flexibility index (Phi) is 19.9. The molecule has 4 aliphatic carbocycles. The summed E-state index contributed by atoms with van der Waals surface area (Å²) >= 11 is 0. The van der Waals surface area contributed by atoms with E-state index in [4.69, 9.17) is 9.84 Å². The van der Waals surface area contributed by atoms with Gasteiger partial charge in [0.1, 0.15) is 12.6 Å². The number of aliphatic carboxylic acids is 1. The van der Waals surface area contributed by atoms with Gasteiger partial charge in [-0.3, -0.25) is 14.4 Å². The summed E-state index contributed by atoms with van der Waals surface area (Å²) in [7, 11) is 0. The highest BCUT2D eigenvalue weighted by molar-refractivity contribution is 5.81. The van der Waals surface area contributed by atoms with E-state index in [0.29, 0.717) is 54.8 Å². The first-order chi connectivity index (χ1) is 27.5. The second-order valence-corrected chi connectivity index (χ2v) is 18.5. The predicted octanol–water partition coefficient (Wildman–Crippen LogP) is 11.6. The number of carbonyl (C=O) groups excluding carboxylic acids is 2. The Morgan fingerprint density at radius 1 is 0.754 bits per heavy atom. The number of aliphatic hydroxyl groups excluding tert-OH is 1. The van der Waals surface area contributed by atoms with Crippen LogP contribution in [0.4, 0.5) is 0 Å². The first kappa shape index (κ1) is 46.8. The smallest absolute Gasteiger partial charge is 0.322 e. The zero-order chi connectivity index (χ0) is 41.1. The van der Waals surface area contributed by atoms with Crippen LogP contribution in [0, 0.1) is 46.3 Å². The SMILES string of the molecule is CC/C=C\C/C=C\C/C=C\C/C=C\C/C=C\CCCCCCCC(=O)OC1CCC2(C)C(CCC3C2CC(O)C2(C)C(C(C)CCC(=O)NCC(=O)O)CCC32)C1. The number of ether oxygens (including phenoxy) is 1. The van der Waals surface area contributed by atoms with E-state index in [1.807, 2.05) is 0 Å². The van der Waals surface area contributed by atoms with Crippen molar-refractivity contribution in [3.63, 3.8) is 0 Å². The van der Waals surface area contributed by atoms with Crippen LogP contribution in [0.2, 0.25) is 0 Å². The van der Waals surface area contributed by atoms with Gasteiger partial charge in [-0.1, -0.05) is 108 Å². The number of hydrogen-bond donors (Lipinski definition) is 3. The number of nitrogens with one attached hydrogen (secondary N) is 1. The molecule has 4 rings (SSSR count). The second kappa shape index (κ2) is 24.2. The van der Waals surface area contributed by atoms with Crippen molar-refractivity contribution in [1.29, 1.82) is 0 Å². The summed E-state index contributed by atoms with van der Waals surface area (Å²) in [5, 5.41) is 23.3. The Morgan fingerprint density at radius 3 is 2.05 bits per heavy atom. The van der Waals surface area contributed by atoms with Gasteiger partial charge in [0.2, 0.25) is 5.91 Å². The number of esters is 1. The van der Waals surface area contributed by atoms with Gasteiger partial charge in [0.25, 0.3) is 0 Å². The molecule has 4 saturated carbocycles. The van der Waals surface area contributed by atoms with E-state index >= 15 is 0 Å². The van der Waals surface area contributed by atoms with Crippen LogP contribution in [0.3, 0.4) is 0 Å². The molecule has 57 heavy (non-hydrogen) atoms. The van der Waals surface area contributed by atoms with Gasteiger partial charge >= 0.3 is 11.9 Å². The van der Waals surface area contributed by atoms with Crippen molar-refractivity contribution >= 4 is 17.8 Å². The fourth-order valence-electron chi connectivity index (χ4n) is 11.7. The molecule has 0 bridgehead atoms. The Bertz CT molecular complexity index is 1400. The topological polar surface area (TPSA) is 113 Å². The van der Waals surface area contributed by atoms with Crippen LogP contribution in [0.15, 0.2) is 60.8 Å². The molecule has 3 N–H and O–H groups in total. The van der Waals surface area contributed by atoms with E-state index in [0.717, 1.165) is 89.9 Å². The molecule has 4 aliphatic rings. The number of allylic oxidation sites excluding steroid dienone is 10. The Hall–Kier alpha value is -2.93. The summed E-state index contributed by atoms with van der Waals surface area (Å²) < 4.78 is 6.11. The summed E-state index contributed by atoms with van der Waals surface area (Å²) in [5.41, 5.74) is 0.0249. The van der Waals surface area contributed by atoms with Crippen molar-refractivity contribution in [3.05, 3.63) is 60.8 Å². The summed E-state index contributed by atoms with van der Waals surface area (Å²) in [5.74, 6) is 1.53. The number of rotatable bonds is 24. The standard InChI is InChI=1S/C50H79NO6/c1-5-6-7-8-9-10-11-12-13-14-15-16-17-18-19-20-21-22-23-24-25-26-48(56)57-40-33-34-49(3)39(35-40)28-29-41-43-31-30-42(50(43,4)45(52)36-44(41)49)38(2)27-32-46(53)51-37-47(54)55/h6-7,9-10,12-13,15-16,18-19,38-45,52H,5,8,11,14,17,20-37H2,1-4H3,(H,51,53)(H,54,55)/b7-6-,10-9-,13-12-,16-15-,19-18-. The summed E-state index contributed by atoms with van der Waals surface area (Å²) in [6.45, 7) is 8.85. The van der Waals surface area contributed by atoms with Crippen LogP contribution in [0.1, 0.15) is 169 Å². The number of unbranched alkanes of at least 4 members (excludes halogenated alkanes) is 5. The average molecular weight is 790 g/mol. The quantitative estimate of drug-likeness (QED) is 0.0510. The van der Waals surface area contributed by atoms with Gasteiger partial charge in [0.05, 0.1) is 6.10 Å². The molecule has 0 heterocycles. The number of fused-ring (bicyclic) bond motifs is 5. The van der Waals surface area contributed by atoms with Gasteiger partial charge in [-0.2, -0.15) is 0 Å². The highest BCUT2D eigenvalue weighted by atomic mass is 16.5. The molecule has 0 spiro atoms. The Labute approximate surface area is 346 Å². The molecule has 0 aromatic carbocycles. The van der Waals surface area contributed by atoms with Crippen molar-refractivity contribution in [1.82, 2.24) is 5.32 Å². The van der Waals surface area contributed by atoms with E-state index in [1.54, 1.807) is 0 Å². The maximum absolute atomic E-state index is 12.9. The van der Waals surface area contributed by atoms with Crippen LogP contribution in [0.5, 0.6) is 0 Å². The first-order valence-electron chi connectivity index (χ1n) is 23.1. The molecule has 7 nitrogen and oxygen atoms in total. The minimum Gasteiger partial charge on any atom is -0.480 e. The molecule has 1 amide bonds. The molecule has 0 aliphatic heterocycles. The molecule has 7 heteroatoms. The van der Waals surface area contributed by atoms with Crippen molar-refractivity contribution in [2.24, 2.45) is 46.3 Å². The summed E-state index contributed by atoms with van der Waals surface area (Å²) in [4.78, 5) is 36.0. The fraction of sp³-hybridized carbons (Fsp3) is 0.740. The fourth-order valence-corrected chi connectivity index (χ4v) is 11.7. The van der Waals surface area contributed by atoms with Gasteiger partial charge in [-0.25, -0.2) is 0 Å². The van der Waals surface area contributed by atoms with Crippen LogP contribution < -0.4 is 5.32 Å². The monoisotopic (exact) mass is 790 g/mol. The van der Waals surface area contributed by atoms with Gasteiger partial charge in [0.15, 0.2) is 0 Å². The summed E-state index contributed by atoms with van der Waals surface area (Å²) in [6, 6.07) is 0. The third-order valence-corrected chi connectivity index (χ3v) is 15.0. The number of carboxylic acids is 1. The number of amides is 1. The van der Waals surface area contributed by atoms with Crippen LogP contribution in [0.25, 0.3) is 0 Å². The van der Waals surface area contributed by atoms with Gasteiger partial charge in [-0.05, 0) is 155 Å². The number of carbonyl (C=O) groups is 3. The van der Waals surface area contributed by atoms with Crippen molar-refractivity contribution in [3.8, 4) is 0 Å². The first-order valence-corrected chi connectivity index (χ1v) is 23.1. The summed E-state index contributed by atoms with van der Waals surface area (Å²) in [6.07, 6.45) is 43.9. The predicted molar refractivity (Wildman–Crippen MR) is 232 cm³/mol. The van der Waals surface area contributed by atoms with E-state index in [-0.39, 0.29) is 41.5 Å². The van der Waals surface area contributed by atoms with Gasteiger partial charge in [0, 0.05) is 12.8 Å². The van der Waals surface area contributed by atoms with Gasteiger partial charge < -0.3 is 20.3 Å². The third-order valence-electron chi connectivity index (χ3n) is 15.0. The van der Waals surface area contributed by atoms with Crippen LogP contribution >= 0.6 is 0 Å². The van der Waals surface area contributed by atoms with Crippen molar-refractivity contribution in [2.45, 2.75) is 181 Å². The normalized spacial score (nSPS) is 31.9. The minimum atomic E-state index is -1.03. The highest BCUT2D eigenvalue weighted by Crippen LogP contribution is 2.68. The molecule has 0 aromatic heterocycles. The zero-order valence-electron chi connectivity index (χ0n) is 36.2. The molecule has 4 fully saturated rings. The molecule has 10 atom stereocenters. The molecular formula is C50H79NO6. The van der Waals surface area contributed by atoms with E-state index in [1.165, 1.54) is 32.1 Å². The van der Waals surface area contributed by atoms with E-state index < -0.39 is 5.97 Å². The highest BCUT2D eigenvalue weighted by Gasteiger charge is 2.63. The zero-order valence-corrected chi connectivity index (χ0v) is 36.2. The van der Waals surface area contributed by atoms with Gasteiger partial charge in [-0.15, -0.1) is 0 Å². The lowest BCUT2D eigenvalue weighted by Gasteiger charge is -2.62. The largest absolute Gasteiger partial charge is 0.480 e. The van der Waals surface area contributed by atoms with Crippen molar-refractivity contribution in [2.75, 3.05) is 6.54 Å². The lowest BCUT2D eigenvalue weighted by atomic mass is 9.43.